The van der Waals surface area contributed by atoms with Gasteiger partial charge in [-0.3, -0.25) is 20.2 Å². The molecule has 0 bridgehead atoms. The highest BCUT2D eigenvalue weighted by atomic mass is 35.5. The third-order valence-corrected chi connectivity index (χ3v) is 4.28. The van der Waals surface area contributed by atoms with E-state index < -0.39 is 34.8 Å². The molecule has 2 atom stereocenters. The van der Waals surface area contributed by atoms with Crippen molar-refractivity contribution in [1.29, 1.82) is 0 Å². The zero-order valence-electron chi connectivity index (χ0n) is 12.5. The quantitative estimate of drug-likeness (QED) is 0.534. The minimum absolute atomic E-state index is 0.414. The van der Waals surface area contributed by atoms with Crippen LogP contribution in [0.1, 0.15) is 23.0 Å². The van der Waals surface area contributed by atoms with Gasteiger partial charge in [0.15, 0.2) is 0 Å². The van der Waals surface area contributed by atoms with Gasteiger partial charge in [0, 0.05) is 19.9 Å². The molecule has 0 saturated carbocycles. The van der Waals surface area contributed by atoms with Crippen molar-refractivity contribution in [3.63, 3.8) is 0 Å². The summed E-state index contributed by atoms with van der Waals surface area (Å²) < 4.78 is 0. The first-order valence-corrected chi connectivity index (χ1v) is 7.87. The molecule has 0 spiro atoms. The molecule has 6 nitrogen and oxygen atoms in total. The lowest BCUT2D eigenvalue weighted by Gasteiger charge is -2.22. The van der Waals surface area contributed by atoms with E-state index >= 15 is 0 Å². The topological polar surface area (TPSA) is 86.3 Å². The Labute approximate surface area is 148 Å². The van der Waals surface area contributed by atoms with E-state index in [0.717, 1.165) is 0 Å². The minimum Gasteiger partial charge on any atom is -0.265 e. The zero-order valence-corrected chi connectivity index (χ0v) is 14.0. The van der Waals surface area contributed by atoms with Gasteiger partial charge in [0.1, 0.15) is 0 Å². The van der Waals surface area contributed by atoms with Crippen LogP contribution in [0.3, 0.4) is 0 Å². The molecule has 0 aromatic heterocycles. The van der Waals surface area contributed by atoms with Gasteiger partial charge in [-0.1, -0.05) is 47.5 Å². The number of benzene rings is 2. The Hall–Kier alpha value is -2.18. The Balaban J connectivity index is 2.46. The smallest absolute Gasteiger partial charge is 0.211 e. The highest BCUT2D eigenvalue weighted by Gasteiger charge is 2.33. The second-order valence-corrected chi connectivity index (χ2v) is 6.22. The third kappa shape index (κ3) is 4.91. The molecule has 0 amide bonds. The van der Waals surface area contributed by atoms with E-state index in [1.54, 1.807) is 48.5 Å². The van der Waals surface area contributed by atoms with Crippen LogP contribution in [0.5, 0.6) is 0 Å². The summed E-state index contributed by atoms with van der Waals surface area (Å²) in [6, 6.07) is 13.1. The summed E-state index contributed by atoms with van der Waals surface area (Å²) in [5.74, 6) is -1.30. The van der Waals surface area contributed by atoms with Crippen molar-refractivity contribution in [2.75, 3.05) is 13.1 Å². The lowest BCUT2D eigenvalue weighted by Crippen LogP contribution is -2.25. The Bertz CT molecular complexity index is 656. The van der Waals surface area contributed by atoms with Crippen molar-refractivity contribution < 1.29 is 9.85 Å². The van der Waals surface area contributed by atoms with Gasteiger partial charge in [-0.25, -0.2) is 0 Å². The summed E-state index contributed by atoms with van der Waals surface area (Å²) in [6.07, 6.45) is 0. The maximum Gasteiger partial charge on any atom is 0.211 e. The number of nitrogens with zero attached hydrogens (tertiary/aromatic N) is 2. The van der Waals surface area contributed by atoms with E-state index in [9.17, 15) is 20.2 Å². The SMILES string of the molecule is O=[N+]([O-])C[C@H](c1ccc(Cl)cc1)[C@H](C[N+](=O)[O-])c1ccc(Cl)cc1. The number of nitro groups is 2. The summed E-state index contributed by atoms with van der Waals surface area (Å²) in [5, 5.41) is 23.2. The van der Waals surface area contributed by atoms with E-state index in [1.807, 2.05) is 0 Å². The molecule has 0 unspecified atom stereocenters. The molecule has 2 aromatic rings. The molecule has 0 aliphatic heterocycles. The summed E-state index contributed by atoms with van der Waals surface area (Å²) in [5.41, 5.74) is 1.27. The molecule has 0 heterocycles. The molecule has 2 aromatic carbocycles. The fourth-order valence-corrected chi connectivity index (χ4v) is 2.92. The van der Waals surface area contributed by atoms with Crippen molar-refractivity contribution in [3.8, 4) is 0 Å². The molecule has 8 heteroatoms. The summed E-state index contributed by atoms with van der Waals surface area (Å²) in [7, 11) is 0. The fraction of sp³-hybridized carbons (Fsp3) is 0.250. The summed E-state index contributed by atoms with van der Waals surface area (Å²) in [6.45, 7) is -0.828. The van der Waals surface area contributed by atoms with Crippen LogP contribution in [0.2, 0.25) is 10.0 Å². The van der Waals surface area contributed by atoms with Crippen LogP contribution in [0.4, 0.5) is 0 Å². The van der Waals surface area contributed by atoms with Crippen LogP contribution >= 0.6 is 23.2 Å². The Morgan fingerprint density at radius 2 is 1.00 bits per heavy atom. The van der Waals surface area contributed by atoms with Crippen LogP contribution in [0, 0.1) is 20.2 Å². The fourth-order valence-electron chi connectivity index (χ4n) is 2.67. The second-order valence-electron chi connectivity index (χ2n) is 5.35. The predicted octanol–water partition coefficient (Wildman–Crippen LogP) is 4.41. The number of rotatable bonds is 7. The molecule has 0 N–H and O–H groups in total. The number of hydrogen-bond acceptors (Lipinski definition) is 4. The molecule has 0 aliphatic carbocycles. The van der Waals surface area contributed by atoms with Crippen molar-refractivity contribution >= 4 is 23.2 Å². The van der Waals surface area contributed by atoms with Gasteiger partial charge in [-0.2, -0.15) is 0 Å². The highest BCUT2D eigenvalue weighted by Crippen LogP contribution is 2.34. The lowest BCUT2D eigenvalue weighted by atomic mass is 9.81. The van der Waals surface area contributed by atoms with Crippen LogP contribution in [0.15, 0.2) is 48.5 Å². The summed E-state index contributed by atoms with van der Waals surface area (Å²) in [4.78, 5) is 21.3. The number of hydrogen-bond donors (Lipinski definition) is 0. The number of halogens is 2. The minimum atomic E-state index is -0.649. The first-order valence-electron chi connectivity index (χ1n) is 7.11. The molecule has 2 rings (SSSR count). The molecular weight excluding hydrogens is 355 g/mol. The van der Waals surface area contributed by atoms with E-state index in [4.69, 9.17) is 23.2 Å². The highest BCUT2D eigenvalue weighted by molar-refractivity contribution is 6.30. The molecule has 0 saturated heterocycles. The molecule has 0 fully saturated rings. The molecule has 126 valence electrons. The Kier molecular flexibility index (Phi) is 6.11. The van der Waals surface area contributed by atoms with Crippen molar-refractivity contribution in [2.24, 2.45) is 0 Å². The lowest BCUT2D eigenvalue weighted by molar-refractivity contribution is -0.498. The molecular formula is C16H14Cl2N2O4. The Morgan fingerprint density at radius 1 is 0.708 bits per heavy atom. The average molecular weight is 369 g/mol. The van der Waals surface area contributed by atoms with Crippen LogP contribution in [-0.2, 0) is 0 Å². The van der Waals surface area contributed by atoms with Crippen molar-refractivity contribution in [2.45, 2.75) is 11.8 Å². The van der Waals surface area contributed by atoms with Gasteiger partial charge >= 0.3 is 0 Å². The summed E-state index contributed by atoms with van der Waals surface area (Å²) >= 11 is 11.7. The largest absolute Gasteiger partial charge is 0.265 e. The van der Waals surface area contributed by atoms with E-state index in [0.29, 0.717) is 21.2 Å². The van der Waals surface area contributed by atoms with Gasteiger partial charge in [0.25, 0.3) is 0 Å². The van der Waals surface area contributed by atoms with Crippen LogP contribution < -0.4 is 0 Å². The van der Waals surface area contributed by atoms with Gasteiger partial charge in [0.2, 0.25) is 13.1 Å². The van der Waals surface area contributed by atoms with E-state index in [2.05, 4.69) is 0 Å². The zero-order chi connectivity index (χ0) is 17.7. The van der Waals surface area contributed by atoms with E-state index in [1.165, 1.54) is 0 Å². The van der Waals surface area contributed by atoms with Crippen LogP contribution in [-0.4, -0.2) is 22.9 Å². The maximum atomic E-state index is 11.1. The third-order valence-electron chi connectivity index (χ3n) is 3.77. The first kappa shape index (κ1) is 18.2. The monoisotopic (exact) mass is 368 g/mol. The standard InChI is InChI=1S/C16H14Cl2N2O4/c17-13-5-1-11(2-6-13)15(9-19(21)22)16(10-20(23)24)12-3-7-14(18)8-4-12/h1-8,15-16H,9-10H2/t15-,16-/m1/s1. The first-order chi connectivity index (χ1) is 11.4. The normalized spacial score (nSPS) is 13.2. The molecule has 0 radical (unpaired) electrons. The second kappa shape index (κ2) is 8.08. The van der Waals surface area contributed by atoms with Gasteiger partial charge in [0.05, 0.1) is 11.8 Å². The van der Waals surface area contributed by atoms with E-state index in [-0.39, 0.29) is 0 Å². The van der Waals surface area contributed by atoms with Gasteiger partial charge < -0.3 is 0 Å². The Morgan fingerprint density at radius 3 is 1.25 bits per heavy atom. The van der Waals surface area contributed by atoms with Crippen LogP contribution in [0.25, 0.3) is 0 Å². The van der Waals surface area contributed by atoms with Crippen molar-refractivity contribution in [1.82, 2.24) is 0 Å². The maximum absolute atomic E-state index is 11.1. The molecule has 24 heavy (non-hydrogen) atoms. The van der Waals surface area contributed by atoms with Gasteiger partial charge in [-0.05, 0) is 35.4 Å². The van der Waals surface area contributed by atoms with Gasteiger partial charge in [-0.15, -0.1) is 0 Å². The molecule has 0 aliphatic rings. The van der Waals surface area contributed by atoms with Crippen molar-refractivity contribution in [3.05, 3.63) is 89.9 Å². The predicted molar refractivity (Wildman–Crippen MR) is 92.1 cm³/mol. The average Bonchev–Trinajstić information content (AvgIpc) is 2.52.